The number of carbonyl (C=O) groups is 2. The van der Waals surface area contributed by atoms with Crippen molar-refractivity contribution in [3.63, 3.8) is 0 Å². The van der Waals surface area contributed by atoms with Crippen LogP contribution in [-0.2, 0) is 23.2 Å². The van der Waals surface area contributed by atoms with Crippen molar-refractivity contribution >= 4 is 12.1 Å². The van der Waals surface area contributed by atoms with Gasteiger partial charge < -0.3 is 19.5 Å². The van der Waals surface area contributed by atoms with Gasteiger partial charge in [-0.1, -0.05) is 18.1 Å². The van der Waals surface area contributed by atoms with Crippen LogP contribution in [0.1, 0.15) is 57.1 Å². The SMILES string of the molecule is CN(C(=O)OCc1c(-c2ccc(O[C@H]3CCC[C@H](C(=O)O)C3)cc2)nnn1C)C1CCCC1. The van der Waals surface area contributed by atoms with Crippen molar-refractivity contribution in [2.24, 2.45) is 13.0 Å². The molecule has 0 spiro atoms. The van der Waals surface area contributed by atoms with Gasteiger partial charge in [-0.2, -0.15) is 0 Å². The topological polar surface area (TPSA) is 107 Å². The normalized spacial score (nSPS) is 21.0. The first-order valence-electron chi connectivity index (χ1n) is 11.7. The number of carbonyl (C=O) groups excluding carboxylic acids is 1. The second-order valence-corrected chi connectivity index (χ2v) is 9.08. The van der Waals surface area contributed by atoms with Crippen molar-refractivity contribution < 1.29 is 24.2 Å². The molecule has 2 aliphatic rings. The van der Waals surface area contributed by atoms with Gasteiger partial charge in [0.25, 0.3) is 0 Å². The smallest absolute Gasteiger partial charge is 0.410 e. The Morgan fingerprint density at radius 2 is 1.85 bits per heavy atom. The molecule has 2 aliphatic carbocycles. The second kappa shape index (κ2) is 10.2. The predicted molar refractivity (Wildman–Crippen MR) is 121 cm³/mol. The molecule has 1 heterocycles. The molecule has 33 heavy (non-hydrogen) atoms. The Hall–Kier alpha value is -3.10. The number of amides is 1. The van der Waals surface area contributed by atoms with Crippen LogP contribution in [0.5, 0.6) is 5.75 Å². The van der Waals surface area contributed by atoms with Crippen molar-refractivity contribution in [2.45, 2.75) is 70.1 Å². The van der Waals surface area contributed by atoms with Crippen molar-refractivity contribution in [3.05, 3.63) is 30.0 Å². The molecule has 9 nitrogen and oxygen atoms in total. The van der Waals surface area contributed by atoms with Crippen LogP contribution in [0.2, 0.25) is 0 Å². The summed E-state index contributed by atoms with van der Waals surface area (Å²) < 4.78 is 13.2. The number of benzene rings is 1. The van der Waals surface area contributed by atoms with Gasteiger partial charge in [-0.3, -0.25) is 4.79 Å². The van der Waals surface area contributed by atoms with Crippen molar-refractivity contribution in [1.82, 2.24) is 19.9 Å². The van der Waals surface area contributed by atoms with E-state index in [-0.39, 0.29) is 30.8 Å². The first kappa shape index (κ1) is 23.1. The molecule has 4 rings (SSSR count). The molecule has 0 unspecified atom stereocenters. The van der Waals surface area contributed by atoms with Gasteiger partial charge >= 0.3 is 12.1 Å². The van der Waals surface area contributed by atoms with E-state index in [1.807, 2.05) is 24.3 Å². The number of carboxylic acids is 1. The van der Waals surface area contributed by atoms with Gasteiger partial charge in [-0.15, -0.1) is 5.10 Å². The van der Waals surface area contributed by atoms with Crippen molar-refractivity contribution in [3.8, 4) is 17.0 Å². The minimum absolute atomic E-state index is 0.0888. The molecule has 178 valence electrons. The minimum atomic E-state index is -0.746. The molecule has 9 heteroatoms. The molecule has 0 saturated heterocycles. The minimum Gasteiger partial charge on any atom is -0.490 e. The monoisotopic (exact) mass is 456 g/mol. The van der Waals surface area contributed by atoms with Gasteiger partial charge in [0.15, 0.2) is 0 Å². The van der Waals surface area contributed by atoms with E-state index in [1.165, 1.54) is 0 Å². The van der Waals surface area contributed by atoms with E-state index in [4.69, 9.17) is 9.47 Å². The first-order valence-corrected chi connectivity index (χ1v) is 11.7. The fourth-order valence-electron chi connectivity index (χ4n) is 4.80. The molecule has 2 atom stereocenters. The summed E-state index contributed by atoms with van der Waals surface area (Å²) in [5.74, 6) is -0.380. The lowest BCUT2D eigenvalue weighted by atomic mass is 9.87. The highest BCUT2D eigenvalue weighted by atomic mass is 16.6. The molecule has 2 aromatic rings. The maximum Gasteiger partial charge on any atom is 0.410 e. The Balaban J connectivity index is 1.38. The lowest BCUT2D eigenvalue weighted by Gasteiger charge is -2.27. The van der Waals surface area contributed by atoms with Crippen LogP contribution in [0.4, 0.5) is 4.79 Å². The summed E-state index contributed by atoms with van der Waals surface area (Å²) in [7, 11) is 3.57. The Morgan fingerprint density at radius 3 is 2.55 bits per heavy atom. The first-order chi connectivity index (χ1) is 15.9. The average Bonchev–Trinajstić information content (AvgIpc) is 3.48. The predicted octanol–water partition coefficient (Wildman–Crippen LogP) is 4.02. The molecule has 0 aliphatic heterocycles. The maximum atomic E-state index is 12.5. The number of nitrogens with zero attached hydrogens (tertiary/aromatic N) is 4. The number of aliphatic carboxylic acids is 1. The fraction of sp³-hybridized carbons (Fsp3) is 0.583. The highest BCUT2D eigenvalue weighted by Crippen LogP contribution is 2.30. The number of carboxylic acid groups (broad SMARTS) is 1. The van der Waals surface area contributed by atoms with Gasteiger partial charge in [-0.25, -0.2) is 9.48 Å². The third-order valence-corrected chi connectivity index (χ3v) is 6.84. The molecular formula is C24H32N4O5. The van der Waals surface area contributed by atoms with Gasteiger partial charge in [-0.05, 0) is 62.8 Å². The summed E-state index contributed by atoms with van der Waals surface area (Å²) >= 11 is 0. The van der Waals surface area contributed by atoms with E-state index in [2.05, 4.69) is 10.3 Å². The molecule has 1 aromatic heterocycles. The van der Waals surface area contributed by atoms with E-state index in [9.17, 15) is 14.7 Å². The van der Waals surface area contributed by atoms with E-state index < -0.39 is 5.97 Å². The summed E-state index contributed by atoms with van der Waals surface area (Å²) in [6.07, 6.45) is 6.90. The lowest BCUT2D eigenvalue weighted by Crippen LogP contribution is -2.35. The number of aryl methyl sites for hydroxylation is 1. The molecule has 0 radical (unpaired) electrons. The number of aromatic nitrogens is 3. The molecule has 0 bridgehead atoms. The molecule has 1 amide bonds. The largest absolute Gasteiger partial charge is 0.490 e. The van der Waals surface area contributed by atoms with Gasteiger partial charge in [0.2, 0.25) is 0 Å². The Labute approximate surface area is 193 Å². The van der Waals surface area contributed by atoms with Gasteiger partial charge in [0.05, 0.1) is 12.0 Å². The standard InChI is InChI=1S/C24H32N4O5/c1-27(18-7-3-4-8-18)24(31)32-15-21-22(25-26-28(21)2)16-10-12-19(13-11-16)33-20-9-5-6-17(14-20)23(29)30/h10-13,17-18,20H,3-9,14-15H2,1-2H3,(H,29,30)/t17-,20-/m0/s1. The zero-order chi connectivity index (χ0) is 23.4. The van der Waals surface area contributed by atoms with Crippen molar-refractivity contribution in [2.75, 3.05) is 7.05 Å². The Morgan fingerprint density at radius 1 is 1.12 bits per heavy atom. The zero-order valence-electron chi connectivity index (χ0n) is 19.3. The zero-order valence-corrected chi connectivity index (χ0v) is 19.3. The molecular weight excluding hydrogens is 424 g/mol. The number of hydrogen-bond donors (Lipinski definition) is 1. The van der Waals surface area contributed by atoms with Crippen molar-refractivity contribution in [1.29, 1.82) is 0 Å². The quantitative estimate of drug-likeness (QED) is 0.671. The second-order valence-electron chi connectivity index (χ2n) is 9.08. The molecule has 2 saturated carbocycles. The fourth-order valence-corrected chi connectivity index (χ4v) is 4.80. The van der Waals surface area contributed by atoms with Crippen LogP contribution < -0.4 is 4.74 Å². The highest BCUT2D eigenvalue weighted by Gasteiger charge is 2.28. The average molecular weight is 457 g/mol. The van der Waals surface area contributed by atoms with Gasteiger partial charge in [0, 0.05) is 25.7 Å². The number of hydrogen-bond acceptors (Lipinski definition) is 6. The van der Waals surface area contributed by atoms with E-state index in [0.717, 1.165) is 44.1 Å². The highest BCUT2D eigenvalue weighted by molar-refractivity contribution is 5.70. The Bertz CT molecular complexity index is 968. The Kier molecular flexibility index (Phi) is 7.15. The molecule has 2 fully saturated rings. The van der Waals surface area contributed by atoms with Crippen LogP contribution >= 0.6 is 0 Å². The van der Waals surface area contributed by atoms with Crippen LogP contribution in [0.15, 0.2) is 24.3 Å². The van der Waals surface area contributed by atoms with E-state index >= 15 is 0 Å². The third-order valence-electron chi connectivity index (χ3n) is 6.84. The number of ether oxygens (including phenoxy) is 2. The van der Waals surface area contributed by atoms with E-state index in [1.54, 1.807) is 23.7 Å². The van der Waals surface area contributed by atoms with Crippen LogP contribution in [-0.4, -0.2) is 56.3 Å². The summed E-state index contributed by atoms with van der Waals surface area (Å²) in [5, 5.41) is 17.6. The summed E-state index contributed by atoms with van der Waals surface area (Å²) in [4.78, 5) is 25.5. The van der Waals surface area contributed by atoms with Crippen LogP contribution in [0.3, 0.4) is 0 Å². The lowest BCUT2D eigenvalue weighted by molar-refractivity contribution is -0.143. The maximum absolute atomic E-state index is 12.5. The van der Waals surface area contributed by atoms with Crippen LogP contribution in [0.25, 0.3) is 11.3 Å². The van der Waals surface area contributed by atoms with Gasteiger partial charge in [0.1, 0.15) is 23.7 Å². The molecule has 1 aromatic carbocycles. The molecule has 1 N–H and O–H groups in total. The summed E-state index contributed by atoms with van der Waals surface area (Å²) in [5.41, 5.74) is 2.22. The summed E-state index contributed by atoms with van der Waals surface area (Å²) in [6, 6.07) is 7.76. The van der Waals surface area contributed by atoms with Crippen LogP contribution in [0, 0.1) is 5.92 Å². The summed E-state index contributed by atoms with van der Waals surface area (Å²) in [6.45, 7) is 0.0889. The van der Waals surface area contributed by atoms with E-state index in [0.29, 0.717) is 30.0 Å². The number of rotatable bonds is 7. The third kappa shape index (κ3) is 5.46.